The van der Waals surface area contributed by atoms with E-state index in [2.05, 4.69) is 183 Å². The van der Waals surface area contributed by atoms with E-state index in [-0.39, 0.29) is 29.7 Å². The molecule has 100 heavy (non-hydrogen) atoms. The van der Waals surface area contributed by atoms with Crippen LogP contribution in [0.15, 0.2) is 49.1 Å². The molecule has 1 atom stereocenters. The third-order valence-corrected chi connectivity index (χ3v) is 60.9. The Hall–Kier alpha value is 2.57. The number of rotatable bonds is 48. The van der Waals surface area contributed by atoms with Gasteiger partial charge in [0, 0.05) is 45.7 Å². The van der Waals surface area contributed by atoms with E-state index < -0.39 is 167 Å². The molecule has 0 aromatic carbocycles. The molecule has 18 nitrogen and oxygen atoms in total. The van der Waals surface area contributed by atoms with E-state index in [1.807, 2.05) is 87.3 Å². The molecule has 1 unspecified atom stereocenters. The van der Waals surface area contributed by atoms with E-state index in [1.165, 1.54) is 31.4 Å². The lowest BCUT2D eigenvalue weighted by Gasteiger charge is -2.39. The van der Waals surface area contributed by atoms with Crippen LogP contribution in [0.3, 0.4) is 0 Å². The molecule has 39 heteroatoms. The van der Waals surface area contributed by atoms with Gasteiger partial charge in [0.05, 0.1) is 13.2 Å². The molecule has 0 bridgehead atoms. The molecule has 0 aromatic rings. The molecule has 0 saturated carbocycles. The zero-order valence-electron chi connectivity index (χ0n) is 68.7. The number of hydrogen-bond donors (Lipinski definition) is 0. The summed E-state index contributed by atoms with van der Waals surface area (Å²) in [6.45, 7) is 91.4. The second-order valence-electron chi connectivity index (χ2n) is 25.6. The second kappa shape index (κ2) is 73.1. The summed E-state index contributed by atoms with van der Waals surface area (Å²) in [6.07, 6.45) is 3.59. The molecule has 0 aliphatic carbocycles. The Labute approximate surface area is 658 Å². The van der Waals surface area contributed by atoms with Crippen molar-refractivity contribution in [3.05, 3.63) is 49.1 Å². The van der Waals surface area contributed by atoms with Crippen LogP contribution in [0.1, 0.15) is 125 Å². The summed E-state index contributed by atoms with van der Waals surface area (Å²) >= 11 is 4.46. The van der Waals surface area contributed by atoms with Crippen LogP contribution in [0, 0.1) is 0 Å². The lowest BCUT2D eigenvalue weighted by molar-refractivity contribution is 0.0655. The maximum absolute atomic E-state index is 9.63. The van der Waals surface area contributed by atoms with E-state index in [0.29, 0.717) is 39.6 Å². The summed E-state index contributed by atoms with van der Waals surface area (Å²) in [4.78, 5) is 0. The van der Waals surface area contributed by atoms with Crippen molar-refractivity contribution < 1.29 is 76.3 Å². The summed E-state index contributed by atoms with van der Waals surface area (Å²) in [5, 5.41) is 0. The third-order valence-electron chi connectivity index (χ3n) is 11.6. The van der Waals surface area contributed by atoms with E-state index in [9.17, 15) is 4.46 Å². The minimum Gasteiger partial charge on any atom is -0.455 e. The Balaban J connectivity index is -0.000000109. The average molecular weight is 1770 g/mol. The molecule has 0 fully saturated rings. The molecule has 0 saturated heterocycles. The number of hydrogen-bond acceptors (Lipinski definition) is 19. The van der Waals surface area contributed by atoms with Gasteiger partial charge < -0.3 is 76.3 Å². The van der Waals surface area contributed by atoms with Crippen molar-refractivity contribution in [2.24, 2.45) is 0 Å². The maximum Gasteiger partial charge on any atom is 0.635 e. The first-order chi connectivity index (χ1) is 44.2. The van der Waals surface area contributed by atoms with Crippen LogP contribution in [-0.2, 0) is 88.1 Å². The molecule has 0 aliphatic heterocycles. The fourth-order valence-electron chi connectivity index (χ4n) is 8.40. The maximum atomic E-state index is 9.63. The van der Waals surface area contributed by atoms with Crippen molar-refractivity contribution >= 4 is 186 Å². The highest BCUT2D eigenvalue weighted by atomic mass is 32.4. The Morgan fingerprint density at radius 2 is 0.700 bits per heavy atom. The van der Waals surface area contributed by atoms with Crippen LogP contribution in [0.2, 0.25) is 181 Å². The van der Waals surface area contributed by atoms with E-state index in [1.54, 1.807) is 24.5 Å². The Morgan fingerprint density at radius 1 is 0.440 bits per heavy atom. The van der Waals surface area contributed by atoms with Crippen LogP contribution in [-0.4, -0.2) is 214 Å². The largest absolute Gasteiger partial charge is 0.635 e. The molecule has 0 amide bonds. The topological polar surface area (TPSA) is 174 Å². The molecule has 608 valence electrons. The first-order valence-electron chi connectivity index (χ1n) is 35.6. The van der Waals surface area contributed by atoms with Crippen LogP contribution in [0.5, 0.6) is 0 Å². The first-order valence-corrected chi connectivity index (χ1v) is 82.2. The van der Waals surface area contributed by atoms with Gasteiger partial charge in [-0.05, 0) is 208 Å². The lowest BCUT2D eigenvalue weighted by atomic mass is 10.4. The fourth-order valence-corrected chi connectivity index (χ4v) is 60.4. The first kappa shape index (κ1) is 129. The summed E-state index contributed by atoms with van der Waals surface area (Å²) in [5.74, 6) is 0. The Morgan fingerprint density at radius 3 is 0.930 bits per heavy atom. The Kier molecular flexibility index (Phi) is 94.3. The average Bonchev–Trinajstić information content (AvgIpc) is 0.823. The van der Waals surface area contributed by atoms with Crippen LogP contribution in [0.25, 0.3) is 0 Å². The van der Waals surface area contributed by atoms with Crippen LogP contribution < -0.4 is 0 Å². The van der Waals surface area contributed by atoms with Gasteiger partial charge in [-0.25, -0.2) is 0 Å². The van der Waals surface area contributed by atoms with Crippen molar-refractivity contribution in [2.45, 2.75) is 306 Å². The van der Waals surface area contributed by atoms with E-state index in [0.717, 1.165) is 18.1 Å². The molecular weight excluding hydrogens is 1600 g/mol. The van der Waals surface area contributed by atoms with Gasteiger partial charge in [0.1, 0.15) is 11.8 Å². The fraction of sp³-hybridized carbons (Fsp3) is 0.869. The highest BCUT2D eigenvalue weighted by molar-refractivity contribution is 8.16. The lowest BCUT2D eigenvalue weighted by Crippen LogP contribution is -2.58. The molecule has 0 aliphatic rings. The van der Waals surface area contributed by atoms with Gasteiger partial charge in [-0.3, -0.25) is 0 Å². The molecule has 0 aromatic heterocycles. The zero-order valence-corrected chi connectivity index (χ0v) is 90.3. The zero-order chi connectivity index (χ0) is 77.3. The van der Waals surface area contributed by atoms with Gasteiger partial charge in [-0.1, -0.05) is 128 Å². The monoisotopic (exact) mass is 1770 g/mol. The third kappa shape index (κ3) is 78.7. The SMILES string of the molecule is C.C.C.C.C=C[Si](C)(C)O[Si](C)(C)C=C.C=C[Si](OCC)(OCC)O[Si](C=C)(OCC)OCC.CC.CC.CCC[Si](C)(C)O[Si](C)(C)CCCC[Si](C)(C)O[Si](CC[Si](C)(C)O[Si](O[SiH2]C)(O[SiH2]C)O[SiH2]C)(OCC)OCC.C[SiH](C)O[SiH](O[SiH](C)C)O[SiH](C)C.C[Si](C)=O.[B][P+](C)=S. The smallest absolute Gasteiger partial charge is 0.455 e. The molecular formula is C61H171BO18PSSi18+. The van der Waals surface area contributed by atoms with Crippen molar-refractivity contribution in [2.75, 3.05) is 46.3 Å². The Bertz CT molecular complexity index is 1800. The molecule has 0 rings (SSSR count). The van der Waals surface area contributed by atoms with Crippen molar-refractivity contribution in [3.8, 4) is 0 Å². The molecule has 0 heterocycles. The minimum absolute atomic E-state index is 0. The van der Waals surface area contributed by atoms with E-state index in [4.69, 9.17) is 79.4 Å². The predicted molar refractivity (Wildman–Crippen MR) is 495 cm³/mol. The highest BCUT2D eigenvalue weighted by Crippen LogP contribution is 2.33. The minimum atomic E-state index is -3.02. The van der Waals surface area contributed by atoms with Gasteiger partial charge >= 0.3 is 52.6 Å². The van der Waals surface area contributed by atoms with Crippen LogP contribution in [0.4, 0.5) is 0 Å². The number of unbranched alkanes of at least 4 members (excludes halogenated alkanes) is 1. The van der Waals surface area contributed by atoms with Crippen LogP contribution >= 0.6 is 6.58 Å². The highest BCUT2D eigenvalue weighted by Gasteiger charge is 2.53. The van der Waals surface area contributed by atoms with Gasteiger partial charge in [0.15, 0.2) is 106 Å². The normalized spacial score (nSPS) is 12.8. The standard InChI is InChI=1S/C24H68O8Si9.C12H26O5Si2.C8H18OSi2.C6H22O3Si4.C2H6OSi.2C2H6.CH3BPS.4CH4/c1-15-20-36(7,8)30-37(9,10)21-18-19-22-38(11,12)31-40(25-16-2,26-17-3)24-23-39(13,14)32-41(27-33-4,28-34-5)29-35-6;1-7-13-18(11-5,14-8-2)17-19(12-6,15-9-3)16-10-4;1-7-10(3,4)9-11(5,6)8-2;1-10(2)7-13(8-11(3)4)9-12(5)6;1-4(2)3;2*1-2;1-3(2)4;;;;/h15-24,33-35H2,1-14H3;11-12H,5-10H2,1-4H3;7-8H,1-2H2,3-6H3;10-13H,1-6H3;1-2H3;2*1-2H3;1H3;4*1H4/q;;;;;;;+1;;;;. The molecule has 0 N–H and O–H groups in total. The second-order valence-corrected chi connectivity index (χ2v) is 80.8. The van der Waals surface area contributed by atoms with E-state index >= 15 is 0 Å². The quantitative estimate of drug-likeness (QED) is 0.0319. The van der Waals surface area contributed by atoms with Gasteiger partial charge in [0.25, 0.3) is 8.68 Å². The summed E-state index contributed by atoms with van der Waals surface area (Å²) in [7, 11) is -25.5. The molecule has 0 spiro atoms. The van der Waals surface area contributed by atoms with Gasteiger partial charge in [-0.2, -0.15) is 0 Å². The van der Waals surface area contributed by atoms with Crippen molar-refractivity contribution in [3.63, 3.8) is 0 Å². The molecule has 2 radical (unpaired) electrons. The van der Waals surface area contributed by atoms with Crippen molar-refractivity contribution in [1.29, 1.82) is 0 Å². The predicted octanol–water partition coefficient (Wildman–Crippen LogP) is 17.9. The summed E-state index contributed by atoms with van der Waals surface area (Å²) in [6, 6.07) is 5.20. The summed E-state index contributed by atoms with van der Waals surface area (Å²) < 4.78 is 114. The van der Waals surface area contributed by atoms with Gasteiger partial charge in [0.2, 0.25) is 0 Å². The van der Waals surface area contributed by atoms with Crippen molar-refractivity contribution in [1.82, 2.24) is 0 Å². The van der Waals surface area contributed by atoms with Gasteiger partial charge in [-0.15, -0.1) is 13.2 Å². The summed E-state index contributed by atoms with van der Waals surface area (Å²) in [5.41, 5.74) is 7.13.